The summed E-state index contributed by atoms with van der Waals surface area (Å²) in [6, 6.07) is 21.7. The van der Waals surface area contributed by atoms with Crippen LogP contribution in [0.2, 0.25) is 0 Å². The maximum atomic E-state index is 12.8. The van der Waals surface area contributed by atoms with Crippen LogP contribution in [0.1, 0.15) is 43.7 Å². The molecule has 2 saturated heterocycles. The molecule has 2 heterocycles. The van der Waals surface area contributed by atoms with E-state index < -0.39 is 0 Å². The molecule has 1 N–H and O–H groups in total. The Labute approximate surface area is 187 Å². The molecule has 0 aromatic heterocycles. The van der Waals surface area contributed by atoms with Crippen LogP contribution in [0.3, 0.4) is 0 Å². The number of nitrogens with one attached hydrogen (secondary N) is 1. The van der Waals surface area contributed by atoms with Gasteiger partial charge < -0.3 is 10.2 Å². The largest absolute Gasteiger partial charge is 0.339 e. The summed E-state index contributed by atoms with van der Waals surface area (Å²) in [6.45, 7) is 8.12. The molecule has 0 radical (unpaired) electrons. The zero-order valence-corrected chi connectivity index (χ0v) is 18.9. The van der Waals surface area contributed by atoms with Crippen molar-refractivity contribution < 1.29 is 4.79 Å². The van der Waals surface area contributed by atoms with Crippen molar-refractivity contribution in [2.75, 3.05) is 26.2 Å². The van der Waals surface area contributed by atoms with Crippen molar-refractivity contribution in [2.45, 2.75) is 51.7 Å². The second-order valence-electron chi connectivity index (χ2n) is 9.34. The number of hydrogen-bond donors (Lipinski definition) is 1. The summed E-state index contributed by atoms with van der Waals surface area (Å²) in [6.07, 6.45) is 4.07. The molecule has 1 amide bonds. The highest BCUT2D eigenvalue weighted by atomic mass is 16.2. The summed E-state index contributed by atoms with van der Waals surface area (Å²) in [5.74, 6) is 1.76. The van der Waals surface area contributed by atoms with Crippen LogP contribution in [0.5, 0.6) is 0 Å². The molecule has 2 fully saturated rings. The molecule has 0 aliphatic carbocycles. The molecule has 4 heteroatoms. The van der Waals surface area contributed by atoms with Gasteiger partial charge in [-0.2, -0.15) is 0 Å². The van der Waals surface area contributed by atoms with Crippen LogP contribution in [-0.4, -0.2) is 47.9 Å². The van der Waals surface area contributed by atoms with Gasteiger partial charge in [0.1, 0.15) is 0 Å². The van der Waals surface area contributed by atoms with Crippen LogP contribution < -0.4 is 5.32 Å². The highest BCUT2D eigenvalue weighted by Crippen LogP contribution is 2.31. The lowest BCUT2D eigenvalue weighted by atomic mass is 9.79. The molecule has 2 aliphatic heterocycles. The second-order valence-corrected chi connectivity index (χ2v) is 9.34. The van der Waals surface area contributed by atoms with Gasteiger partial charge in [0.15, 0.2) is 0 Å². The Kier molecular flexibility index (Phi) is 7.76. The number of hydrogen-bond acceptors (Lipinski definition) is 3. The third-order valence-electron chi connectivity index (χ3n) is 6.99. The van der Waals surface area contributed by atoms with Gasteiger partial charge in [0.25, 0.3) is 0 Å². The van der Waals surface area contributed by atoms with Crippen molar-refractivity contribution in [1.29, 1.82) is 0 Å². The Morgan fingerprint density at radius 3 is 2.45 bits per heavy atom. The predicted molar refractivity (Wildman–Crippen MR) is 126 cm³/mol. The number of benzene rings is 2. The minimum Gasteiger partial charge on any atom is -0.339 e. The molecule has 166 valence electrons. The van der Waals surface area contributed by atoms with E-state index in [1.165, 1.54) is 30.6 Å². The van der Waals surface area contributed by atoms with Gasteiger partial charge in [0.2, 0.25) is 5.91 Å². The fourth-order valence-electron chi connectivity index (χ4n) is 5.39. The van der Waals surface area contributed by atoms with E-state index in [1.54, 1.807) is 0 Å². The second kappa shape index (κ2) is 10.9. The number of fused-ring (bicyclic) bond motifs is 2. The van der Waals surface area contributed by atoms with E-state index in [9.17, 15) is 4.79 Å². The Bertz CT molecular complexity index is 810. The molecule has 0 spiro atoms. The van der Waals surface area contributed by atoms with E-state index in [1.807, 2.05) is 23.1 Å². The SMILES string of the molecule is CCN(Cc1ccccc1)C(=O)CCC[C@H]1NC[C@@H]2CC1CN(Cc1ccccc1)C2. The quantitative estimate of drug-likeness (QED) is 0.658. The standard InChI is InChI=1S/C27H37N3O/c1-2-30(20-23-12-7-4-8-13-23)27(31)15-9-14-26-25-16-24(17-28-26)19-29(21-25)18-22-10-5-3-6-11-22/h3-8,10-13,24-26,28H,2,9,14-21H2,1H3/t24-,25?,26+/m0/s1. The number of nitrogens with zero attached hydrogens (tertiary/aromatic N) is 2. The highest BCUT2D eigenvalue weighted by molar-refractivity contribution is 5.76. The lowest BCUT2D eigenvalue weighted by Crippen LogP contribution is -2.55. The lowest BCUT2D eigenvalue weighted by Gasteiger charge is -2.46. The van der Waals surface area contributed by atoms with Crippen LogP contribution >= 0.6 is 0 Å². The molecule has 2 bridgehead atoms. The smallest absolute Gasteiger partial charge is 0.222 e. The van der Waals surface area contributed by atoms with E-state index >= 15 is 0 Å². The number of carbonyl (C=O) groups excluding carboxylic acids is 1. The van der Waals surface area contributed by atoms with Gasteiger partial charge >= 0.3 is 0 Å². The van der Waals surface area contributed by atoms with Crippen molar-refractivity contribution >= 4 is 5.91 Å². The van der Waals surface area contributed by atoms with Crippen molar-refractivity contribution in [2.24, 2.45) is 11.8 Å². The molecular formula is C27H37N3O. The van der Waals surface area contributed by atoms with E-state index in [2.05, 4.69) is 59.6 Å². The van der Waals surface area contributed by atoms with E-state index in [0.717, 1.165) is 44.9 Å². The third kappa shape index (κ3) is 6.18. The van der Waals surface area contributed by atoms with Gasteiger partial charge in [0.05, 0.1) is 0 Å². The van der Waals surface area contributed by atoms with Crippen LogP contribution in [0.15, 0.2) is 60.7 Å². The Morgan fingerprint density at radius 2 is 1.74 bits per heavy atom. The molecule has 3 atom stereocenters. The molecule has 4 rings (SSSR count). The minimum absolute atomic E-state index is 0.286. The zero-order chi connectivity index (χ0) is 21.5. The maximum absolute atomic E-state index is 12.8. The summed E-state index contributed by atoms with van der Waals surface area (Å²) >= 11 is 0. The van der Waals surface area contributed by atoms with E-state index in [-0.39, 0.29) is 5.91 Å². The van der Waals surface area contributed by atoms with Crippen LogP contribution in [0.4, 0.5) is 0 Å². The first-order chi connectivity index (χ1) is 15.2. The minimum atomic E-state index is 0.286. The molecular weight excluding hydrogens is 382 g/mol. The van der Waals surface area contributed by atoms with Crippen LogP contribution in [0.25, 0.3) is 0 Å². The Hall–Kier alpha value is -2.17. The Balaban J connectivity index is 1.24. The lowest BCUT2D eigenvalue weighted by molar-refractivity contribution is -0.131. The van der Waals surface area contributed by atoms with Gasteiger partial charge in [-0.15, -0.1) is 0 Å². The number of amides is 1. The molecule has 31 heavy (non-hydrogen) atoms. The van der Waals surface area contributed by atoms with Crippen molar-refractivity contribution in [3.63, 3.8) is 0 Å². The van der Waals surface area contributed by atoms with Crippen molar-refractivity contribution in [1.82, 2.24) is 15.1 Å². The number of piperidine rings is 2. The third-order valence-corrected chi connectivity index (χ3v) is 6.99. The molecule has 2 aliphatic rings. The normalized spacial score (nSPS) is 23.5. The fraction of sp³-hybridized carbons (Fsp3) is 0.519. The Morgan fingerprint density at radius 1 is 1.03 bits per heavy atom. The first-order valence-electron chi connectivity index (χ1n) is 12.0. The number of carbonyl (C=O) groups is 1. The summed E-state index contributed by atoms with van der Waals surface area (Å²) in [4.78, 5) is 17.4. The van der Waals surface area contributed by atoms with Crippen molar-refractivity contribution in [3.05, 3.63) is 71.8 Å². The molecule has 1 unspecified atom stereocenters. The molecule has 2 aromatic carbocycles. The maximum Gasteiger partial charge on any atom is 0.222 e. The summed E-state index contributed by atoms with van der Waals surface area (Å²) in [5.41, 5.74) is 2.62. The van der Waals surface area contributed by atoms with Gasteiger partial charge in [-0.05, 0) is 55.7 Å². The van der Waals surface area contributed by atoms with Crippen LogP contribution in [-0.2, 0) is 17.9 Å². The average Bonchev–Trinajstić information content (AvgIpc) is 2.80. The first kappa shape index (κ1) is 22.0. The average molecular weight is 420 g/mol. The predicted octanol–water partition coefficient (Wildman–Crippen LogP) is 4.32. The van der Waals surface area contributed by atoms with Gasteiger partial charge in [-0.25, -0.2) is 0 Å². The number of likely N-dealkylation sites (tertiary alicyclic amines) is 1. The van der Waals surface area contributed by atoms with Gasteiger partial charge in [-0.1, -0.05) is 60.7 Å². The summed E-state index contributed by atoms with van der Waals surface area (Å²) < 4.78 is 0. The highest BCUT2D eigenvalue weighted by Gasteiger charge is 2.36. The zero-order valence-electron chi connectivity index (χ0n) is 18.9. The molecule has 2 aromatic rings. The molecule has 0 saturated carbocycles. The van der Waals surface area contributed by atoms with Crippen LogP contribution in [0, 0.1) is 11.8 Å². The monoisotopic (exact) mass is 419 g/mol. The first-order valence-corrected chi connectivity index (χ1v) is 12.0. The van der Waals surface area contributed by atoms with E-state index in [0.29, 0.717) is 18.4 Å². The van der Waals surface area contributed by atoms with E-state index in [4.69, 9.17) is 0 Å². The van der Waals surface area contributed by atoms with Crippen molar-refractivity contribution in [3.8, 4) is 0 Å². The topological polar surface area (TPSA) is 35.6 Å². The summed E-state index contributed by atoms with van der Waals surface area (Å²) in [5, 5.41) is 3.81. The summed E-state index contributed by atoms with van der Waals surface area (Å²) in [7, 11) is 0. The van der Waals surface area contributed by atoms with Gasteiger partial charge in [0, 0.05) is 45.2 Å². The molecule has 4 nitrogen and oxygen atoms in total. The fourth-order valence-corrected chi connectivity index (χ4v) is 5.39. The van der Waals surface area contributed by atoms with Gasteiger partial charge in [-0.3, -0.25) is 9.69 Å². The number of rotatable bonds is 9.